The van der Waals surface area contributed by atoms with Crippen LogP contribution in [-0.2, 0) is 14.3 Å². The summed E-state index contributed by atoms with van der Waals surface area (Å²) in [5.41, 5.74) is -0.303. The van der Waals surface area contributed by atoms with Gasteiger partial charge < -0.3 is 9.47 Å². The second-order valence-electron chi connectivity index (χ2n) is 4.83. The number of rotatable bonds is 3. The molecule has 0 bridgehead atoms. The molecule has 0 spiro atoms. The van der Waals surface area contributed by atoms with Crippen molar-refractivity contribution >= 4 is 5.97 Å². The predicted molar refractivity (Wildman–Crippen MR) is 60.1 cm³/mol. The Bertz CT molecular complexity index is 277. The molecule has 0 amide bonds. The highest BCUT2D eigenvalue weighted by Gasteiger charge is 2.55. The Kier molecular flexibility index (Phi) is 3.22. The molecule has 0 radical (unpaired) electrons. The molecule has 3 atom stereocenters. The van der Waals surface area contributed by atoms with E-state index in [0.29, 0.717) is 13.2 Å². The van der Waals surface area contributed by atoms with Gasteiger partial charge >= 0.3 is 5.97 Å². The lowest BCUT2D eigenvalue weighted by molar-refractivity contribution is -0.154. The first kappa shape index (κ1) is 11.9. The highest BCUT2D eigenvalue weighted by molar-refractivity contribution is 5.79. The first-order chi connectivity index (χ1) is 7.62. The lowest BCUT2D eigenvalue weighted by Crippen LogP contribution is -2.49. The second-order valence-corrected chi connectivity index (χ2v) is 4.83. The third-order valence-electron chi connectivity index (χ3n) is 3.99. The van der Waals surface area contributed by atoms with Gasteiger partial charge in [0, 0.05) is 12.3 Å². The molecule has 0 aromatic heterocycles. The highest BCUT2D eigenvalue weighted by Crippen LogP contribution is 2.40. The maximum Gasteiger partial charge on any atom is 0.324 e. The van der Waals surface area contributed by atoms with Gasteiger partial charge in [-0.05, 0) is 20.0 Å². The van der Waals surface area contributed by atoms with Crippen molar-refractivity contribution in [3.05, 3.63) is 0 Å². The normalized spacial score (nSPS) is 38.6. The zero-order valence-electron chi connectivity index (χ0n) is 10.4. The molecule has 2 aliphatic rings. The summed E-state index contributed by atoms with van der Waals surface area (Å²) < 4.78 is 11.1. The molecule has 2 saturated heterocycles. The molecule has 0 aliphatic carbocycles. The first-order valence-electron chi connectivity index (χ1n) is 6.17. The van der Waals surface area contributed by atoms with Crippen molar-refractivity contribution in [3.8, 4) is 0 Å². The average Bonchev–Trinajstić information content (AvgIpc) is 2.52. The Morgan fingerprint density at radius 3 is 2.75 bits per heavy atom. The molecule has 2 fully saturated rings. The number of hydrogen-bond donors (Lipinski definition) is 0. The molecule has 4 heteroatoms. The number of carbonyl (C=O) groups is 1. The minimum absolute atomic E-state index is 0.0679. The monoisotopic (exact) mass is 227 g/mol. The molecule has 2 heterocycles. The van der Waals surface area contributed by atoms with E-state index in [4.69, 9.17) is 9.47 Å². The molecular weight excluding hydrogens is 206 g/mol. The van der Waals surface area contributed by atoms with Crippen LogP contribution in [-0.4, -0.2) is 48.8 Å². The molecule has 0 saturated carbocycles. The Morgan fingerprint density at radius 2 is 2.12 bits per heavy atom. The van der Waals surface area contributed by atoms with Crippen LogP contribution in [0.1, 0.15) is 27.2 Å². The largest absolute Gasteiger partial charge is 0.458 e. The Hall–Kier alpha value is -0.610. The van der Waals surface area contributed by atoms with Gasteiger partial charge in [0.05, 0.1) is 13.2 Å². The van der Waals surface area contributed by atoms with E-state index in [2.05, 4.69) is 18.7 Å². The van der Waals surface area contributed by atoms with Crippen molar-refractivity contribution in [1.29, 1.82) is 0 Å². The van der Waals surface area contributed by atoms with E-state index in [0.717, 1.165) is 19.5 Å². The molecular formula is C12H21NO3. The molecule has 2 aliphatic heterocycles. The average molecular weight is 227 g/mol. The molecule has 0 aromatic carbocycles. The molecule has 0 N–H and O–H groups in total. The van der Waals surface area contributed by atoms with Gasteiger partial charge in [0.2, 0.25) is 0 Å². The summed E-state index contributed by atoms with van der Waals surface area (Å²) in [5, 5.41) is 0. The number of nitrogens with zero attached hydrogens (tertiary/aromatic N) is 1. The SMILES string of the molecule is CCN(CC)[C@H]1C(=O)O[C@@]2(C)CCOC[C@@H]12. The van der Waals surface area contributed by atoms with Gasteiger partial charge in [0.25, 0.3) is 0 Å². The van der Waals surface area contributed by atoms with Crippen molar-refractivity contribution in [1.82, 2.24) is 4.90 Å². The van der Waals surface area contributed by atoms with Gasteiger partial charge in [0.1, 0.15) is 11.6 Å². The van der Waals surface area contributed by atoms with Crippen LogP contribution in [0, 0.1) is 5.92 Å². The van der Waals surface area contributed by atoms with E-state index >= 15 is 0 Å². The van der Waals surface area contributed by atoms with E-state index in [-0.39, 0.29) is 23.5 Å². The van der Waals surface area contributed by atoms with Crippen molar-refractivity contribution < 1.29 is 14.3 Å². The summed E-state index contributed by atoms with van der Waals surface area (Å²) in [5.74, 6) is 0.121. The number of esters is 1. The summed E-state index contributed by atoms with van der Waals surface area (Å²) >= 11 is 0. The van der Waals surface area contributed by atoms with Crippen molar-refractivity contribution in [2.24, 2.45) is 5.92 Å². The van der Waals surface area contributed by atoms with Gasteiger partial charge in [-0.1, -0.05) is 13.8 Å². The molecule has 92 valence electrons. The highest BCUT2D eigenvalue weighted by atomic mass is 16.6. The quantitative estimate of drug-likeness (QED) is 0.676. The summed E-state index contributed by atoms with van der Waals surface area (Å²) in [6, 6.07) is -0.111. The van der Waals surface area contributed by atoms with Crippen LogP contribution in [0.25, 0.3) is 0 Å². The van der Waals surface area contributed by atoms with Gasteiger partial charge in [-0.15, -0.1) is 0 Å². The van der Waals surface area contributed by atoms with Crippen LogP contribution in [0.15, 0.2) is 0 Å². The number of fused-ring (bicyclic) bond motifs is 1. The molecule has 0 aromatic rings. The second kappa shape index (κ2) is 4.34. The topological polar surface area (TPSA) is 38.8 Å². The third kappa shape index (κ3) is 1.74. The number of carbonyl (C=O) groups excluding carboxylic acids is 1. The zero-order valence-corrected chi connectivity index (χ0v) is 10.4. The van der Waals surface area contributed by atoms with E-state index in [9.17, 15) is 4.79 Å². The van der Waals surface area contributed by atoms with E-state index in [1.807, 2.05) is 6.92 Å². The van der Waals surface area contributed by atoms with Crippen molar-refractivity contribution in [3.63, 3.8) is 0 Å². The first-order valence-corrected chi connectivity index (χ1v) is 6.17. The maximum absolute atomic E-state index is 12.0. The number of ether oxygens (including phenoxy) is 2. The summed E-state index contributed by atoms with van der Waals surface area (Å²) in [4.78, 5) is 14.2. The molecule has 2 rings (SSSR count). The van der Waals surface area contributed by atoms with Gasteiger partial charge in [-0.3, -0.25) is 9.69 Å². The lowest BCUT2D eigenvalue weighted by Gasteiger charge is -2.37. The predicted octanol–water partition coefficient (Wildman–Crippen LogP) is 1.05. The fraction of sp³-hybridized carbons (Fsp3) is 0.917. The minimum atomic E-state index is -0.303. The third-order valence-corrected chi connectivity index (χ3v) is 3.99. The Balaban J connectivity index is 2.21. The Labute approximate surface area is 96.9 Å². The van der Waals surface area contributed by atoms with Crippen LogP contribution in [0.5, 0.6) is 0 Å². The van der Waals surface area contributed by atoms with Crippen LogP contribution in [0.2, 0.25) is 0 Å². The van der Waals surface area contributed by atoms with Crippen LogP contribution in [0.4, 0.5) is 0 Å². The van der Waals surface area contributed by atoms with Gasteiger partial charge in [0.15, 0.2) is 0 Å². The summed E-state index contributed by atoms with van der Waals surface area (Å²) in [6.45, 7) is 9.30. The minimum Gasteiger partial charge on any atom is -0.458 e. The fourth-order valence-corrected chi connectivity index (χ4v) is 2.87. The standard InChI is InChI=1S/C12H21NO3/c1-4-13(5-2)10-9-8-15-7-6-12(9,3)16-11(10)14/h9-10H,4-8H2,1-3H3/t9-,10+,12-/m0/s1. The van der Waals surface area contributed by atoms with E-state index in [1.165, 1.54) is 0 Å². The summed E-state index contributed by atoms with van der Waals surface area (Å²) in [7, 11) is 0. The van der Waals surface area contributed by atoms with Crippen molar-refractivity contribution in [2.75, 3.05) is 26.3 Å². The number of likely N-dealkylation sites (N-methyl/N-ethyl adjacent to an activating group) is 1. The smallest absolute Gasteiger partial charge is 0.324 e. The summed E-state index contributed by atoms with van der Waals surface area (Å²) in [6.07, 6.45) is 0.821. The van der Waals surface area contributed by atoms with Crippen LogP contribution >= 0.6 is 0 Å². The van der Waals surface area contributed by atoms with Gasteiger partial charge in [-0.2, -0.15) is 0 Å². The zero-order chi connectivity index (χ0) is 11.8. The van der Waals surface area contributed by atoms with Crippen molar-refractivity contribution in [2.45, 2.75) is 38.8 Å². The van der Waals surface area contributed by atoms with Crippen LogP contribution < -0.4 is 0 Å². The molecule has 4 nitrogen and oxygen atoms in total. The fourth-order valence-electron chi connectivity index (χ4n) is 2.87. The Morgan fingerprint density at radius 1 is 1.44 bits per heavy atom. The van der Waals surface area contributed by atoms with E-state index < -0.39 is 0 Å². The van der Waals surface area contributed by atoms with Gasteiger partial charge in [-0.25, -0.2) is 0 Å². The lowest BCUT2D eigenvalue weighted by atomic mass is 9.82. The van der Waals surface area contributed by atoms with Crippen LogP contribution in [0.3, 0.4) is 0 Å². The molecule has 0 unspecified atom stereocenters. The van der Waals surface area contributed by atoms with E-state index in [1.54, 1.807) is 0 Å². The molecule has 16 heavy (non-hydrogen) atoms. The maximum atomic E-state index is 12.0. The number of hydrogen-bond acceptors (Lipinski definition) is 4.